The van der Waals surface area contributed by atoms with Crippen molar-refractivity contribution in [3.05, 3.63) is 0 Å². The molecule has 0 aromatic rings. The van der Waals surface area contributed by atoms with Crippen molar-refractivity contribution in [2.24, 2.45) is 5.92 Å². The number of hydrazine groups is 1. The van der Waals surface area contributed by atoms with Gasteiger partial charge in [-0.25, -0.2) is 9.82 Å². The number of aliphatic hydroxyl groups excluding tert-OH is 1. The van der Waals surface area contributed by atoms with Gasteiger partial charge in [0.25, 0.3) is 0 Å². The molecule has 0 aliphatic heterocycles. The van der Waals surface area contributed by atoms with E-state index >= 15 is 0 Å². The third-order valence-electron chi connectivity index (χ3n) is 2.59. The van der Waals surface area contributed by atoms with Gasteiger partial charge in [-0.3, -0.25) is 10.2 Å². The average Bonchev–Trinajstić information content (AvgIpc) is 2.22. The van der Waals surface area contributed by atoms with E-state index in [9.17, 15) is 14.3 Å². The van der Waals surface area contributed by atoms with E-state index in [1.54, 1.807) is 0 Å². The Morgan fingerprint density at radius 2 is 1.94 bits per heavy atom. The molecule has 0 amide bonds. The third-order valence-corrected chi connectivity index (χ3v) is 2.59. The van der Waals surface area contributed by atoms with Gasteiger partial charge in [0.05, 0.1) is 12.1 Å². The number of hydrogen-bond acceptors (Lipinski definition) is 4. The van der Waals surface area contributed by atoms with Gasteiger partial charge in [0, 0.05) is 6.04 Å². The predicted octanol–water partition coefficient (Wildman–Crippen LogP) is 0.803. The van der Waals surface area contributed by atoms with Crippen LogP contribution in [0, 0.1) is 5.92 Å². The fourth-order valence-electron chi connectivity index (χ4n) is 1.51. The second kappa shape index (κ2) is 7.70. The number of rotatable bonds is 8. The first-order valence-corrected chi connectivity index (χ1v) is 5.69. The summed E-state index contributed by atoms with van der Waals surface area (Å²) in [4.78, 5) is 11.3. The highest BCUT2D eigenvalue weighted by molar-refractivity contribution is 5.81. The van der Waals surface area contributed by atoms with E-state index in [0.29, 0.717) is 6.42 Å². The first kappa shape index (κ1) is 15.5. The monoisotopic (exact) mass is 234 g/mol. The molecule has 0 rings (SSSR count). The number of Topliss-reactive ketones (excluding diaryl/α,β-unsaturated/α-hetero) is 1. The van der Waals surface area contributed by atoms with Gasteiger partial charge < -0.3 is 5.11 Å². The van der Waals surface area contributed by atoms with Crippen LogP contribution in [0.15, 0.2) is 0 Å². The molecule has 0 saturated heterocycles. The first-order valence-electron chi connectivity index (χ1n) is 5.69. The highest BCUT2D eigenvalue weighted by Crippen LogP contribution is 2.03. The Bertz CT molecular complexity index is 212. The summed E-state index contributed by atoms with van der Waals surface area (Å²) in [6.07, 6.45) is -0.460. The van der Waals surface area contributed by atoms with Gasteiger partial charge in [-0.2, -0.15) is 0 Å². The van der Waals surface area contributed by atoms with Crippen LogP contribution in [0.3, 0.4) is 0 Å². The topological polar surface area (TPSA) is 61.4 Å². The lowest BCUT2D eigenvalue weighted by Gasteiger charge is -2.26. The van der Waals surface area contributed by atoms with Crippen molar-refractivity contribution in [1.82, 2.24) is 10.9 Å². The Morgan fingerprint density at radius 3 is 2.25 bits per heavy atom. The molecule has 0 spiro atoms. The molecule has 3 N–H and O–H groups in total. The Kier molecular flexibility index (Phi) is 7.45. The predicted molar refractivity (Wildman–Crippen MR) is 61.6 cm³/mol. The SMILES string of the molecule is CCC(NN[C@H](C(C)=O)C(C)C)C(O)CF. The average molecular weight is 234 g/mol. The molecule has 0 aliphatic rings. The maximum absolute atomic E-state index is 12.3. The number of halogens is 1. The minimum Gasteiger partial charge on any atom is -0.389 e. The van der Waals surface area contributed by atoms with Crippen LogP contribution in [0.1, 0.15) is 34.1 Å². The lowest BCUT2D eigenvalue weighted by Crippen LogP contribution is -2.55. The van der Waals surface area contributed by atoms with Gasteiger partial charge in [0.1, 0.15) is 12.5 Å². The van der Waals surface area contributed by atoms with Crippen molar-refractivity contribution in [2.45, 2.75) is 52.3 Å². The number of carbonyl (C=O) groups is 1. The van der Waals surface area contributed by atoms with Gasteiger partial charge in [0.2, 0.25) is 0 Å². The molecule has 0 aliphatic carbocycles. The van der Waals surface area contributed by atoms with E-state index in [-0.39, 0.29) is 23.8 Å². The zero-order valence-electron chi connectivity index (χ0n) is 10.5. The van der Waals surface area contributed by atoms with Crippen LogP contribution in [-0.4, -0.2) is 35.8 Å². The van der Waals surface area contributed by atoms with E-state index < -0.39 is 12.8 Å². The molecular weight excluding hydrogens is 211 g/mol. The molecule has 0 aromatic carbocycles. The van der Waals surface area contributed by atoms with Crippen LogP contribution < -0.4 is 10.9 Å². The molecule has 5 heteroatoms. The molecule has 4 nitrogen and oxygen atoms in total. The van der Waals surface area contributed by atoms with Crippen LogP contribution in [-0.2, 0) is 4.79 Å². The lowest BCUT2D eigenvalue weighted by atomic mass is 10.0. The summed E-state index contributed by atoms with van der Waals surface area (Å²) in [7, 11) is 0. The molecular formula is C11H23FN2O2. The molecule has 2 unspecified atom stereocenters. The summed E-state index contributed by atoms with van der Waals surface area (Å²) in [6.45, 7) is 6.41. The molecule has 0 aromatic heterocycles. The number of aliphatic hydroxyl groups is 1. The number of carbonyl (C=O) groups excluding carboxylic acids is 1. The molecule has 96 valence electrons. The van der Waals surface area contributed by atoms with Crippen LogP contribution in [0.2, 0.25) is 0 Å². The van der Waals surface area contributed by atoms with Gasteiger partial charge in [-0.05, 0) is 19.3 Å². The fourth-order valence-corrected chi connectivity index (χ4v) is 1.51. The van der Waals surface area contributed by atoms with Gasteiger partial charge >= 0.3 is 0 Å². The van der Waals surface area contributed by atoms with E-state index in [0.717, 1.165) is 0 Å². The smallest absolute Gasteiger partial charge is 0.148 e. The second-order valence-electron chi connectivity index (χ2n) is 4.36. The van der Waals surface area contributed by atoms with Crippen molar-refractivity contribution in [2.75, 3.05) is 6.67 Å². The first-order chi connectivity index (χ1) is 7.43. The lowest BCUT2D eigenvalue weighted by molar-refractivity contribution is -0.120. The quantitative estimate of drug-likeness (QED) is 0.544. The Hall–Kier alpha value is -0.520. The third kappa shape index (κ3) is 5.01. The van der Waals surface area contributed by atoms with Crippen molar-refractivity contribution >= 4 is 5.78 Å². The number of nitrogens with one attached hydrogen (secondary N) is 2. The maximum atomic E-state index is 12.3. The minimum absolute atomic E-state index is 0.0205. The highest BCUT2D eigenvalue weighted by atomic mass is 19.1. The number of hydrogen-bond donors (Lipinski definition) is 3. The normalized spacial score (nSPS) is 17.2. The van der Waals surface area contributed by atoms with Crippen molar-refractivity contribution in [3.63, 3.8) is 0 Å². The largest absolute Gasteiger partial charge is 0.389 e. The van der Waals surface area contributed by atoms with Gasteiger partial charge in [-0.1, -0.05) is 20.8 Å². The highest BCUT2D eigenvalue weighted by Gasteiger charge is 2.21. The Labute approximate surface area is 96.6 Å². The number of ketones is 1. The maximum Gasteiger partial charge on any atom is 0.148 e. The summed E-state index contributed by atoms with van der Waals surface area (Å²) in [6, 6.07) is -0.702. The summed E-state index contributed by atoms with van der Waals surface area (Å²) in [5, 5.41) is 9.35. The molecule has 0 saturated carbocycles. The van der Waals surface area contributed by atoms with E-state index in [2.05, 4.69) is 10.9 Å². The molecule has 16 heavy (non-hydrogen) atoms. The zero-order chi connectivity index (χ0) is 12.7. The minimum atomic E-state index is -1.04. The second-order valence-corrected chi connectivity index (χ2v) is 4.36. The number of alkyl halides is 1. The van der Waals surface area contributed by atoms with Crippen LogP contribution >= 0.6 is 0 Å². The standard InChI is InChI=1S/C11H23FN2O2/c1-5-9(10(16)6-12)13-14-11(7(2)3)8(4)15/h7,9-11,13-14,16H,5-6H2,1-4H3/t9?,10?,11-/m0/s1. The summed E-state index contributed by atoms with van der Waals surface area (Å²) in [5.74, 6) is 0.164. The van der Waals surface area contributed by atoms with E-state index in [4.69, 9.17) is 0 Å². The van der Waals surface area contributed by atoms with Crippen molar-refractivity contribution in [1.29, 1.82) is 0 Å². The van der Waals surface area contributed by atoms with Crippen LogP contribution in [0.25, 0.3) is 0 Å². The summed E-state index contributed by atoms with van der Waals surface area (Å²) >= 11 is 0. The summed E-state index contributed by atoms with van der Waals surface area (Å²) in [5.41, 5.74) is 5.68. The van der Waals surface area contributed by atoms with Crippen LogP contribution in [0.5, 0.6) is 0 Å². The molecule has 0 radical (unpaired) electrons. The molecule has 0 bridgehead atoms. The summed E-state index contributed by atoms with van der Waals surface area (Å²) < 4.78 is 12.3. The van der Waals surface area contributed by atoms with Crippen molar-refractivity contribution in [3.8, 4) is 0 Å². The molecule has 0 heterocycles. The fraction of sp³-hybridized carbons (Fsp3) is 0.909. The van der Waals surface area contributed by atoms with Gasteiger partial charge in [-0.15, -0.1) is 0 Å². The molecule has 0 fully saturated rings. The Morgan fingerprint density at radius 1 is 1.38 bits per heavy atom. The molecule has 3 atom stereocenters. The van der Waals surface area contributed by atoms with Crippen molar-refractivity contribution < 1.29 is 14.3 Å². The van der Waals surface area contributed by atoms with E-state index in [1.807, 2.05) is 20.8 Å². The van der Waals surface area contributed by atoms with E-state index in [1.165, 1.54) is 6.92 Å². The van der Waals surface area contributed by atoms with Crippen LogP contribution in [0.4, 0.5) is 4.39 Å². The van der Waals surface area contributed by atoms with Gasteiger partial charge in [0.15, 0.2) is 0 Å². The zero-order valence-corrected chi connectivity index (χ0v) is 10.5. The Balaban J connectivity index is 4.22.